The third kappa shape index (κ3) is 4.01. The molecule has 0 aliphatic carbocycles. The minimum atomic E-state index is 0.582. The van der Waals surface area contributed by atoms with E-state index < -0.39 is 0 Å². The van der Waals surface area contributed by atoms with Crippen LogP contribution >= 0.6 is 0 Å². The minimum Gasteiger partial charge on any atom is -0.364 e. The zero-order chi connectivity index (χ0) is 16.2. The first kappa shape index (κ1) is 16.2. The number of hydrogen-bond acceptors (Lipinski definition) is 4. The van der Waals surface area contributed by atoms with Crippen LogP contribution in [0.4, 0.5) is 0 Å². The highest BCUT2D eigenvalue weighted by Crippen LogP contribution is 2.28. The van der Waals surface area contributed by atoms with Gasteiger partial charge >= 0.3 is 0 Å². The number of likely N-dealkylation sites (tertiary alicyclic amines) is 1. The molecule has 0 N–H and O–H groups in total. The average molecular weight is 313 g/mol. The van der Waals surface area contributed by atoms with Crippen molar-refractivity contribution < 1.29 is 4.52 Å². The first-order valence-electron chi connectivity index (χ1n) is 8.49. The molecule has 4 heteroatoms. The monoisotopic (exact) mass is 313 g/mol. The van der Waals surface area contributed by atoms with E-state index in [9.17, 15) is 0 Å². The quantitative estimate of drug-likeness (QED) is 0.848. The van der Waals surface area contributed by atoms with Gasteiger partial charge in [0.05, 0.1) is 5.69 Å². The van der Waals surface area contributed by atoms with E-state index in [1.165, 1.54) is 5.56 Å². The van der Waals surface area contributed by atoms with Gasteiger partial charge in [0.15, 0.2) is 0 Å². The van der Waals surface area contributed by atoms with E-state index in [1.54, 1.807) is 6.26 Å². The summed E-state index contributed by atoms with van der Waals surface area (Å²) in [7, 11) is 2.21. The molecule has 0 radical (unpaired) electrons. The maximum Gasteiger partial charge on any atom is 0.124 e. The summed E-state index contributed by atoms with van der Waals surface area (Å²) in [4.78, 5) is 5.03. The van der Waals surface area contributed by atoms with Gasteiger partial charge in [0, 0.05) is 38.3 Å². The maximum absolute atomic E-state index is 4.95. The Morgan fingerprint density at radius 3 is 2.43 bits per heavy atom. The van der Waals surface area contributed by atoms with Gasteiger partial charge < -0.3 is 4.52 Å². The maximum atomic E-state index is 4.95. The Labute approximate surface area is 139 Å². The molecule has 0 saturated carbocycles. The van der Waals surface area contributed by atoms with Crippen molar-refractivity contribution in [2.24, 2.45) is 11.8 Å². The number of benzene rings is 1. The van der Waals surface area contributed by atoms with Crippen molar-refractivity contribution in [1.29, 1.82) is 0 Å². The van der Waals surface area contributed by atoms with Gasteiger partial charge in [-0.05, 0) is 24.4 Å². The highest BCUT2D eigenvalue weighted by molar-refractivity contribution is 5.14. The molecule has 0 unspecified atom stereocenters. The van der Waals surface area contributed by atoms with Crippen LogP contribution in [-0.2, 0) is 13.1 Å². The van der Waals surface area contributed by atoms with Crippen molar-refractivity contribution in [3.63, 3.8) is 0 Å². The summed E-state index contributed by atoms with van der Waals surface area (Å²) in [6.07, 6.45) is 1.65. The van der Waals surface area contributed by atoms with Crippen molar-refractivity contribution in [2.75, 3.05) is 20.1 Å². The van der Waals surface area contributed by atoms with Gasteiger partial charge in [0.1, 0.15) is 6.26 Å². The Kier molecular flexibility index (Phi) is 5.13. The smallest absolute Gasteiger partial charge is 0.124 e. The Hall–Kier alpha value is -1.65. The van der Waals surface area contributed by atoms with Crippen LogP contribution in [-0.4, -0.2) is 41.1 Å². The van der Waals surface area contributed by atoms with E-state index in [0.717, 1.165) is 31.9 Å². The predicted molar refractivity (Wildman–Crippen MR) is 91.8 cm³/mol. The molecule has 2 aromatic rings. The normalized spacial score (nSPS) is 23.5. The van der Waals surface area contributed by atoms with Crippen LogP contribution in [0.3, 0.4) is 0 Å². The molecule has 2 heterocycles. The van der Waals surface area contributed by atoms with Crippen molar-refractivity contribution in [2.45, 2.75) is 33.0 Å². The fourth-order valence-corrected chi connectivity index (χ4v) is 4.19. The first-order chi connectivity index (χ1) is 11.1. The van der Waals surface area contributed by atoms with E-state index in [1.807, 2.05) is 6.07 Å². The lowest BCUT2D eigenvalue weighted by molar-refractivity contribution is 0.0282. The fraction of sp³-hybridized carbons (Fsp3) is 0.526. The van der Waals surface area contributed by atoms with Crippen LogP contribution < -0.4 is 0 Å². The van der Waals surface area contributed by atoms with Crippen LogP contribution in [0.25, 0.3) is 0 Å². The van der Waals surface area contributed by atoms with Gasteiger partial charge in [-0.25, -0.2) is 0 Å². The third-order valence-corrected chi connectivity index (χ3v) is 4.92. The van der Waals surface area contributed by atoms with E-state index in [-0.39, 0.29) is 0 Å². The minimum absolute atomic E-state index is 0.582. The van der Waals surface area contributed by atoms with Gasteiger partial charge in [-0.2, -0.15) is 0 Å². The zero-order valence-electron chi connectivity index (χ0n) is 14.4. The number of piperidine rings is 1. The van der Waals surface area contributed by atoms with Gasteiger partial charge in [-0.15, -0.1) is 0 Å². The second-order valence-electron chi connectivity index (χ2n) is 7.03. The lowest BCUT2D eigenvalue weighted by Gasteiger charge is -2.45. The molecule has 1 aromatic carbocycles. The largest absolute Gasteiger partial charge is 0.364 e. The molecule has 124 valence electrons. The number of rotatable bonds is 5. The van der Waals surface area contributed by atoms with Gasteiger partial charge in [0.2, 0.25) is 0 Å². The van der Waals surface area contributed by atoms with Crippen LogP contribution in [0.2, 0.25) is 0 Å². The van der Waals surface area contributed by atoms with E-state index in [2.05, 4.69) is 66.2 Å². The van der Waals surface area contributed by atoms with Gasteiger partial charge in [0.25, 0.3) is 0 Å². The summed E-state index contributed by atoms with van der Waals surface area (Å²) in [6, 6.07) is 13.3. The second-order valence-corrected chi connectivity index (χ2v) is 7.03. The molecule has 1 aromatic heterocycles. The molecule has 4 nitrogen and oxygen atoms in total. The second kappa shape index (κ2) is 7.28. The van der Waals surface area contributed by atoms with Crippen molar-refractivity contribution in [3.05, 3.63) is 53.9 Å². The summed E-state index contributed by atoms with van der Waals surface area (Å²) in [5, 5.41) is 4.04. The van der Waals surface area contributed by atoms with E-state index in [0.29, 0.717) is 17.9 Å². The Morgan fingerprint density at radius 1 is 1.13 bits per heavy atom. The lowest BCUT2D eigenvalue weighted by atomic mass is 9.84. The molecule has 1 saturated heterocycles. The SMILES string of the molecule is C[C@@H]1CN(Cc2ccccc2)C[C@@H](C)C1N(C)Cc1ccon1. The van der Waals surface area contributed by atoms with Crippen LogP contribution in [0.15, 0.2) is 47.2 Å². The number of hydrogen-bond donors (Lipinski definition) is 0. The van der Waals surface area contributed by atoms with Crippen molar-refractivity contribution in [3.8, 4) is 0 Å². The molecular formula is C19H27N3O. The molecule has 0 amide bonds. The van der Waals surface area contributed by atoms with Crippen LogP contribution in [0.5, 0.6) is 0 Å². The zero-order valence-corrected chi connectivity index (χ0v) is 14.4. The molecule has 23 heavy (non-hydrogen) atoms. The molecular weight excluding hydrogens is 286 g/mol. The molecule has 1 aliphatic heterocycles. The summed E-state index contributed by atoms with van der Waals surface area (Å²) in [5.74, 6) is 1.28. The van der Waals surface area contributed by atoms with Crippen molar-refractivity contribution in [1.82, 2.24) is 15.0 Å². The first-order valence-corrected chi connectivity index (χ1v) is 8.49. The third-order valence-electron chi connectivity index (χ3n) is 4.92. The molecule has 0 bridgehead atoms. The molecule has 3 rings (SSSR count). The Morgan fingerprint density at radius 2 is 1.83 bits per heavy atom. The lowest BCUT2D eigenvalue weighted by Crippen LogP contribution is -2.53. The molecule has 1 aliphatic rings. The van der Waals surface area contributed by atoms with Crippen LogP contribution in [0, 0.1) is 11.8 Å². The molecule has 2 atom stereocenters. The number of aromatic nitrogens is 1. The Bertz CT molecular complexity index is 572. The summed E-state index contributed by atoms with van der Waals surface area (Å²) >= 11 is 0. The fourth-order valence-electron chi connectivity index (χ4n) is 4.19. The molecule has 1 fully saturated rings. The standard InChI is InChI=1S/C19H27N3O/c1-15-11-22(13-17-7-5-4-6-8-17)12-16(2)19(15)21(3)14-18-9-10-23-20-18/h4-10,15-16,19H,11-14H2,1-3H3/t15-,16-/m1/s1. The predicted octanol–water partition coefficient (Wildman–Crippen LogP) is 3.26. The van der Waals surface area contributed by atoms with Crippen LogP contribution in [0.1, 0.15) is 25.1 Å². The van der Waals surface area contributed by atoms with Crippen molar-refractivity contribution >= 4 is 0 Å². The van der Waals surface area contributed by atoms with Gasteiger partial charge in [-0.3, -0.25) is 9.80 Å². The average Bonchev–Trinajstić information content (AvgIpc) is 3.00. The topological polar surface area (TPSA) is 32.5 Å². The summed E-state index contributed by atoms with van der Waals surface area (Å²) < 4.78 is 4.95. The highest BCUT2D eigenvalue weighted by atomic mass is 16.5. The summed E-state index contributed by atoms with van der Waals surface area (Å²) in [6.45, 7) is 8.94. The van der Waals surface area contributed by atoms with E-state index in [4.69, 9.17) is 4.52 Å². The van der Waals surface area contributed by atoms with E-state index >= 15 is 0 Å². The van der Waals surface area contributed by atoms with Gasteiger partial charge in [-0.1, -0.05) is 49.3 Å². The molecule has 0 spiro atoms. The summed E-state index contributed by atoms with van der Waals surface area (Å²) in [5.41, 5.74) is 2.42. The highest BCUT2D eigenvalue weighted by Gasteiger charge is 2.34. The Balaban J connectivity index is 1.60. The number of nitrogens with zero attached hydrogens (tertiary/aromatic N) is 3.